The molecule has 172 valence electrons. The number of ether oxygens (including phenoxy) is 1. The number of amides is 1. The van der Waals surface area contributed by atoms with Crippen molar-refractivity contribution in [1.82, 2.24) is 10.4 Å². The first-order valence-electron chi connectivity index (χ1n) is 9.66. The summed E-state index contributed by atoms with van der Waals surface area (Å²) in [7, 11) is -3.89. The molecule has 0 aliphatic carbocycles. The fraction of sp³-hybridized carbons (Fsp3) is 0.318. The third-order valence-electron chi connectivity index (χ3n) is 5.44. The van der Waals surface area contributed by atoms with Gasteiger partial charge < -0.3 is 4.74 Å². The molecule has 7 nitrogen and oxygen atoms in total. The summed E-state index contributed by atoms with van der Waals surface area (Å²) in [5, 5.41) is 9.57. The maximum atomic E-state index is 13.6. The van der Waals surface area contributed by atoms with E-state index in [1.807, 2.05) is 4.90 Å². The highest BCUT2D eigenvalue weighted by atomic mass is 35.5. The molecule has 0 saturated carbocycles. The van der Waals surface area contributed by atoms with Gasteiger partial charge in [-0.25, -0.2) is 13.9 Å². The highest BCUT2D eigenvalue weighted by molar-refractivity contribution is 7.92. The number of piperidine rings is 1. The van der Waals surface area contributed by atoms with Gasteiger partial charge in [0.15, 0.2) is 9.84 Å². The number of carbonyl (C=O) groups is 1. The Kier molecular flexibility index (Phi) is 8.96. The quantitative estimate of drug-likeness (QED) is 0.343. The third kappa shape index (κ3) is 5.74. The third-order valence-corrected chi connectivity index (χ3v) is 8.28. The van der Waals surface area contributed by atoms with Crippen molar-refractivity contribution in [2.45, 2.75) is 28.9 Å². The van der Waals surface area contributed by atoms with Crippen LogP contribution in [-0.4, -0.2) is 48.8 Å². The van der Waals surface area contributed by atoms with Gasteiger partial charge in [-0.15, -0.1) is 18.8 Å². The summed E-state index contributed by atoms with van der Waals surface area (Å²) in [5.74, 6) is 2.84. The van der Waals surface area contributed by atoms with Crippen LogP contribution in [-0.2, 0) is 14.6 Å². The van der Waals surface area contributed by atoms with Gasteiger partial charge in [0.25, 0.3) is 0 Å². The lowest BCUT2D eigenvalue weighted by molar-refractivity contribution is -0.130. The van der Waals surface area contributed by atoms with Crippen molar-refractivity contribution in [3.8, 4) is 23.8 Å². The highest BCUT2D eigenvalue weighted by Crippen LogP contribution is 2.39. The van der Waals surface area contributed by atoms with Gasteiger partial charge in [-0.3, -0.25) is 14.9 Å². The van der Waals surface area contributed by atoms with Crippen molar-refractivity contribution >= 4 is 39.8 Å². The fourth-order valence-electron chi connectivity index (χ4n) is 3.70. The molecule has 0 unspecified atom stereocenters. The van der Waals surface area contributed by atoms with Crippen LogP contribution in [0.4, 0.5) is 0 Å². The van der Waals surface area contributed by atoms with Crippen LogP contribution < -0.4 is 10.2 Å². The molecule has 1 amide bonds. The first kappa shape index (κ1) is 26.0. The van der Waals surface area contributed by atoms with Crippen molar-refractivity contribution < 1.29 is 23.2 Å². The van der Waals surface area contributed by atoms with Crippen LogP contribution in [0.1, 0.15) is 19.3 Å². The number of nitrogens with one attached hydrogen (secondary N) is 1. The van der Waals surface area contributed by atoms with Gasteiger partial charge >= 0.3 is 0 Å². The molecule has 0 bridgehead atoms. The Morgan fingerprint density at radius 2 is 1.66 bits per heavy atom. The van der Waals surface area contributed by atoms with Crippen molar-refractivity contribution in [1.29, 1.82) is 0 Å². The van der Waals surface area contributed by atoms with Crippen LogP contribution in [0.2, 0.25) is 5.02 Å². The molecule has 1 aliphatic rings. The minimum Gasteiger partial charge on any atom is -0.457 e. The fourth-order valence-corrected chi connectivity index (χ4v) is 5.86. The van der Waals surface area contributed by atoms with Crippen LogP contribution in [0.3, 0.4) is 0 Å². The molecule has 10 heteroatoms. The lowest BCUT2D eigenvalue weighted by Crippen LogP contribution is -2.51. The number of hydrogen-bond donors (Lipinski definition) is 2. The predicted molar refractivity (Wildman–Crippen MR) is 124 cm³/mol. The molecule has 2 aromatic rings. The molecule has 32 heavy (non-hydrogen) atoms. The standard InChI is InChI=1S/C22H23ClN2O5S.ClH/c1-2-13-25-14-11-22(12-15-25,16-21(26)24-27)31(28,29)20-9-7-19(8-10-20)30-18-5-3-17(23)4-6-18;/h1,3-10,27H,11-16H2,(H,24,26);1H. The van der Waals surface area contributed by atoms with Crippen molar-refractivity contribution in [3.05, 3.63) is 53.6 Å². The minimum atomic E-state index is -3.89. The Balaban J connectivity index is 0.00000363. The van der Waals surface area contributed by atoms with Crippen LogP contribution >= 0.6 is 24.0 Å². The van der Waals surface area contributed by atoms with Crippen LogP contribution in [0.15, 0.2) is 53.4 Å². The first-order valence-corrected chi connectivity index (χ1v) is 11.5. The van der Waals surface area contributed by atoms with E-state index >= 15 is 0 Å². The molecule has 0 atom stereocenters. The summed E-state index contributed by atoms with van der Waals surface area (Å²) in [6, 6.07) is 12.9. The van der Waals surface area contributed by atoms with E-state index in [-0.39, 0.29) is 36.6 Å². The number of likely N-dealkylation sites (tertiary alicyclic amines) is 1. The monoisotopic (exact) mass is 498 g/mol. The normalized spacial score (nSPS) is 15.8. The summed E-state index contributed by atoms with van der Waals surface area (Å²) >= 11 is 5.87. The van der Waals surface area contributed by atoms with E-state index in [2.05, 4.69) is 5.92 Å². The van der Waals surface area contributed by atoms with Crippen molar-refractivity contribution in [3.63, 3.8) is 0 Å². The Morgan fingerprint density at radius 3 is 2.16 bits per heavy atom. The molecule has 1 saturated heterocycles. The second kappa shape index (κ2) is 11.0. The van der Waals surface area contributed by atoms with Gasteiger partial charge in [0.2, 0.25) is 5.91 Å². The first-order chi connectivity index (χ1) is 14.8. The van der Waals surface area contributed by atoms with Gasteiger partial charge in [-0.05, 0) is 61.4 Å². The van der Waals surface area contributed by atoms with E-state index in [1.165, 1.54) is 12.1 Å². The second-order valence-corrected chi connectivity index (χ2v) is 10.2. The molecule has 2 aromatic carbocycles. The van der Waals surface area contributed by atoms with E-state index < -0.39 is 20.5 Å². The molecule has 1 heterocycles. The topological polar surface area (TPSA) is 95.9 Å². The molecule has 1 aliphatic heterocycles. The van der Waals surface area contributed by atoms with Crippen LogP contribution in [0, 0.1) is 12.3 Å². The Labute approximate surface area is 199 Å². The zero-order valence-corrected chi connectivity index (χ0v) is 19.5. The second-order valence-electron chi connectivity index (χ2n) is 7.41. The van der Waals surface area contributed by atoms with Crippen LogP contribution in [0.5, 0.6) is 11.5 Å². The lowest BCUT2D eigenvalue weighted by atomic mass is 9.92. The smallest absolute Gasteiger partial charge is 0.244 e. The Bertz CT molecular complexity index is 1060. The number of benzene rings is 2. The van der Waals surface area contributed by atoms with E-state index in [9.17, 15) is 13.2 Å². The number of rotatable bonds is 7. The number of carbonyl (C=O) groups excluding carboxylic acids is 1. The van der Waals surface area contributed by atoms with Gasteiger partial charge in [-0.2, -0.15) is 0 Å². The number of terminal acetylenes is 1. The predicted octanol–water partition coefficient (Wildman–Crippen LogP) is 3.69. The molecule has 0 spiro atoms. The van der Waals surface area contributed by atoms with E-state index in [4.69, 9.17) is 28.0 Å². The lowest BCUT2D eigenvalue weighted by Gasteiger charge is -2.40. The number of hydroxylamine groups is 1. The summed E-state index contributed by atoms with van der Waals surface area (Å²) in [6.45, 7) is 1.30. The number of nitrogens with zero attached hydrogens (tertiary/aromatic N) is 1. The number of hydrogen-bond acceptors (Lipinski definition) is 6. The van der Waals surface area contributed by atoms with Gasteiger partial charge in [0.05, 0.1) is 16.2 Å². The zero-order chi connectivity index (χ0) is 22.5. The molecular weight excluding hydrogens is 475 g/mol. The Hall–Kier alpha value is -2.28. The average molecular weight is 499 g/mol. The van der Waals surface area contributed by atoms with Crippen molar-refractivity contribution in [2.24, 2.45) is 0 Å². The van der Waals surface area contributed by atoms with E-state index in [0.29, 0.717) is 36.2 Å². The van der Waals surface area contributed by atoms with E-state index in [0.717, 1.165) is 0 Å². The molecule has 2 N–H and O–H groups in total. The number of sulfone groups is 1. The van der Waals surface area contributed by atoms with Crippen LogP contribution in [0.25, 0.3) is 0 Å². The van der Waals surface area contributed by atoms with Gasteiger partial charge in [0, 0.05) is 24.5 Å². The molecule has 1 fully saturated rings. The van der Waals surface area contributed by atoms with Crippen molar-refractivity contribution in [2.75, 3.05) is 19.6 Å². The SMILES string of the molecule is C#CCN1CCC(CC(=O)NO)(S(=O)(=O)c2ccc(Oc3ccc(Cl)cc3)cc2)CC1.Cl. The number of halogens is 2. The summed E-state index contributed by atoms with van der Waals surface area (Å²) < 4.78 is 31.5. The highest BCUT2D eigenvalue weighted by Gasteiger charge is 2.48. The Morgan fingerprint density at radius 1 is 1.12 bits per heavy atom. The zero-order valence-electron chi connectivity index (χ0n) is 17.2. The largest absolute Gasteiger partial charge is 0.457 e. The molecule has 3 rings (SSSR count). The summed E-state index contributed by atoms with van der Waals surface area (Å²) in [4.78, 5) is 14.0. The molecule has 0 aromatic heterocycles. The average Bonchev–Trinajstić information content (AvgIpc) is 2.77. The van der Waals surface area contributed by atoms with Gasteiger partial charge in [-0.1, -0.05) is 17.5 Å². The maximum Gasteiger partial charge on any atom is 0.244 e. The van der Waals surface area contributed by atoms with E-state index in [1.54, 1.807) is 41.9 Å². The molecular formula is C22H24Cl2N2O5S. The van der Waals surface area contributed by atoms with Gasteiger partial charge in [0.1, 0.15) is 11.5 Å². The summed E-state index contributed by atoms with van der Waals surface area (Å²) in [5.41, 5.74) is 1.56. The maximum absolute atomic E-state index is 13.6. The minimum absolute atomic E-state index is 0. The summed E-state index contributed by atoms with van der Waals surface area (Å²) in [6.07, 6.45) is 5.48. The molecule has 0 radical (unpaired) electrons.